The summed E-state index contributed by atoms with van der Waals surface area (Å²) in [4.78, 5) is 2.44. The average molecular weight is 268 g/mol. The Morgan fingerprint density at radius 3 is 2.79 bits per heavy atom. The van der Waals surface area contributed by atoms with Crippen LogP contribution in [-0.4, -0.2) is 31.1 Å². The van der Waals surface area contributed by atoms with E-state index in [0.29, 0.717) is 5.92 Å². The summed E-state index contributed by atoms with van der Waals surface area (Å²) in [6.07, 6.45) is 1.21. The van der Waals surface area contributed by atoms with E-state index in [2.05, 4.69) is 17.1 Å². The Morgan fingerprint density at radius 2 is 2.16 bits per heavy atom. The first-order valence-electron chi connectivity index (χ1n) is 7.00. The minimum absolute atomic E-state index is 0.0470. The van der Waals surface area contributed by atoms with Gasteiger partial charge in [0.2, 0.25) is 0 Å². The van der Waals surface area contributed by atoms with Crippen molar-refractivity contribution >= 4 is 0 Å². The minimum Gasteiger partial charge on any atom is -0.310 e. The fourth-order valence-corrected chi connectivity index (χ4v) is 2.61. The zero-order chi connectivity index (χ0) is 13.8. The van der Waals surface area contributed by atoms with E-state index in [1.54, 1.807) is 6.07 Å². The number of benzene rings is 1. The highest BCUT2D eigenvalue weighted by Gasteiger charge is 2.21. The number of nitrogens with one attached hydrogen (secondary N) is 1. The first-order chi connectivity index (χ1) is 9.10. The molecule has 1 heterocycles. The second-order valence-corrected chi connectivity index (χ2v) is 5.35. The van der Waals surface area contributed by atoms with Crippen molar-refractivity contribution in [2.24, 2.45) is 5.92 Å². The molecule has 1 aliphatic rings. The molecule has 1 N–H and O–H groups in total. The number of likely N-dealkylation sites (tertiary alicyclic amines) is 1. The van der Waals surface area contributed by atoms with Gasteiger partial charge in [0.25, 0.3) is 0 Å². The SMILES string of the molecule is CCN1CCC(CNC(C)c2ccc(F)c(F)c2)C1. The molecule has 0 bridgehead atoms. The van der Waals surface area contributed by atoms with Crippen molar-refractivity contribution in [1.82, 2.24) is 10.2 Å². The molecule has 1 aromatic carbocycles. The van der Waals surface area contributed by atoms with Crippen LogP contribution in [0, 0.1) is 17.6 Å². The standard InChI is InChI=1S/C15H22F2N2/c1-3-19-7-6-12(10-19)9-18-11(2)13-4-5-14(16)15(17)8-13/h4-5,8,11-12,18H,3,6-7,9-10H2,1-2H3. The molecule has 19 heavy (non-hydrogen) atoms. The van der Waals surface area contributed by atoms with E-state index < -0.39 is 11.6 Å². The molecule has 2 rings (SSSR count). The lowest BCUT2D eigenvalue weighted by atomic mass is 10.1. The molecule has 4 heteroatoms. The summed E-state index contributed by atoms with van der Waals surface area (Å²) in [6, 6.07) is 4.16. The Kier molecular flexibility index (Phi) is 4.88. The number of halogens is 2. The van der Waals surface area contributed by atoms with Crippen LogP contribution < -0.4 is 5.32 Å². The van der Waals surface area contributed by atoms with Crippen molar-refractivity contribution in [1.29, 1.82) is 0 Å². The molecule has 2 atom stereocenters. The first kappa shape index (κ1) is 14.4. The maximum atomic E-state index is 13.2. The van der Waals surface area contributed by atoms with Crippen LogP contribution in [0.2, 0.25) is 0 Å². The average Bonchev–Trinajstić information content (AvgIpc) is 2.87. The van der Waals surface area contributed by atoms with Crippen LogP contribution in [0.4, 0.5) is 8.78 Å². The smallest absolute Gasteiger partial charge is 0.159 e. The summed E-state index contributed by atoms with van der Waals surface area (Å²) in [5.74, 6) is -0.901. The summed E-state index contributed by atoms with van der Waals surface area (Å²) in [5.41, 5.74) is 0.796. The molecule has 1 aliphatic heterocycles. The van der Waals surface area contributed by atoms with Crippen molar-refractivity contribution in [3.63, 3.8) is 0 Å². The van der Waals surface area contributed by atoms with Gasteiger partial charge in [-0.3, -0.25) is 0 Å². The van der Waals surface area contributed by atoms with Crippen LogP contribution in [0.3, 0.4) is 0 Å². The van der Waals surface area contributed by atoms with E-state index >= 15 is 0 Å². The Labute approximate surface area is 113 Å². The maximum Gasteiger partial charge on any atom is 0.159 e. The van der Waals surface area contributed by atoms with E-state index in [-0.39, 0.29) is 6.04 Å². The zero-order valence-electron chi connectivity index (χ0n) is 11.6. The van der Waals surface area contributed by atoms with Crippen molar-refractivity contribution < 1.29 is 8.78 Å². The van der Waals surface area contributed by atoms with E-state index in [0.717, 1.165) is 25.2 Å². The Morgan fingerprint density at radius 1 is 1.37 bits per heavy atom. The molecule has 0 aromatic heterocycles. The molecule has 0 radical (unpaired) electrons. The van der Waals surface area contributed by atoms with Crippen LogP contribution in [0.1, 0.15) is 31.9 Å². The van der Waals surface area contributed by atoms with Gasteiger partial charge in [-0.25, -0.2) is 8.78 Å². The zero-order valence-corrected chi connectivity index (χ0v) is 11.6. The third-order valence-corrected chi connectivity index (χ3v) is 3.97. The minimum atomic E-state index is -0.787. The van der Waals surface area contributed by atoms with E-state index in [1.807, 2.05) is 6.92 Å². The molecule has 0 spiro atoms. The summed E-state index contributed by atoms with van der Waals surface area (Å²) < 4.78 is 26.0. The van der Waals surface area contributed by atoms with E-state index in [9.17, 15) is 8.78 Å². The highest BCUT2D eigenvalue weighted by molar-refractivity contribution is 5.20. The van der Waals surface area contributed by atoms with Crippen molar-refractivity contribution in [3.05, 3.63) is 35.4 Å². The van der Waals surface area contributed by atoms with Gasteiger partial charge in [0.05, 0.1) is 0 Å². The highest BCUT2D eigenvalue weighted by atomic mass is 19.2. The van der Waals surface area contributed by atoms with Gasteiger partial charge in [-0.2, -0.15) is 0 Å². The molecular formula is C15H22F2N2. The monoisotopic (exact) mass is 268 g/mol. The Hall–Kier alpha value is -1.00. The molecule has 0 saturated carbocycles. The summed E-state index contributed by atoms with van der Waals surface area (Å²) in [6.45, 7) is 8.50. The molecule has 106 valence electrons. The topological polar surface area (TPSA) is 15.3 Å². The summed E-state index contributed by atoms with van der Waals surface area (Å²) in [7, 11) is 0. The third-order valence-electron chi connectivity index (χ3n) is 3.97. The lowest BCUT2D eigenvalue weighted by Gasteiger charge is -2.18. The van der Waals surface area contributed by atoms with Gasteiger partial charge in [0, 0.05) is 12.6 Å². The fourth-order valence-electron chi connectivity index (χ4n) is 2.61. The van der Waals surface area contributed by atoms with Crippen LogP contribution in [-0.2, 0) is 0 Å². The van der Waals surface area contributed by atoms with Gasteiger partial charge in [0.1, 0.15) is 0 Å². The second kappa shape index (κ2) is 6.44. The lowest BCUT2D eigenvalue weighted by molar-refractivity contribution is 0.336. The Bertz CT molecular complexity index is 423. The number of hydrogen-bond acceptors (Lipinski definition) is 2. The Balaban J connectivity index is 1.84. The van der Waals surface area contributed by atoms with E-state index in [4.69, 9.17) is 0 Å². The second-order valence-electron chi connectivity index (χ2n) is 5.35. The van der Waals surface area contributed by atoms with E-state index in [1.165, 1.54) is 25.1 Å². The van der Waals surface area contributed by atoms with Gasteiger partial charge < -0.3 is 10.2 Å². The third kappa shape index (κ3) is 3.74. The molecule has 1 saturated heterocycles. The largest absolute Gasteiger partial charge is 0.310 e. The first-order valence-corrected chi connectivity index (χ1v) is 7.00. The van der Waals surface area contributed by atoms with Gasteiger partial charge in [-0.05, 0) is 56.6 Å². The van der Waals surface area contributed by atoms with Gasteiger partial charge in [-0.15, -0.1) is 0 Å². The molecule has 0 amide bonds. The van der Waals surface area contributed by atoms with Gasteiger partial charge in [-0.1, -0.05) is 13.0 Å². The van der Waals surface area contributed by atoms with Crippen LogP contribution >= 0.6 is 0 Å². The number of nitrogens with zero attached hydrogens (tertiary/aromatic N) is 1. The molecule has 2 nitrogen and oxygen atoms in total. The van der Waals surface area contributed by atoms with Crippen molar-refractivity contribution in [3.8, 4) is 0 Å². The normalized spacial score (nSPS) is 21.8. The van der Waals surface area contributed by atoms with Crippen molar-refractivity contribution in [2.75, 3.05) is 26.2 Å². The van der Waals surface area contributed by atoms with Crippen LogP contribution in [0.15, 0.2) is 18.2 Å². The number of rotatable bonds is 5. The molecular weight excluding hydrogens is 246 g/mol. The summed E-state index contributed by atoms with van der Waals surface area (Å²) in [5, 5.41) is 3.42. The van der Waals surface area contributed by atoms with Gasteiger partial charge >= 0.3 is 0 Å². The fraction of sp³-hybridized carbons (Fsp3) is 0.600. The molecule has 1 aromatic rings. The molecule has 0 aliphatic carbocycles. The summed E-state index contributed by atoms with van der Waals surface area (Å²) >= 11 is 0. The van der Waals surface area contributed by atoms with Crippen LogP contribution in [0.25, 0.3) is 0 Å². The predicted octanol–water partition coefficient (Wildman–Crippen LogP) is 2.96. The maximum absolute atomic E-state index is 13.2. The van der Waals surface area contributed by atoms with Crippen LogP contribution in [0.5, 0.6) is 0 Å². The quantitative estimate of drug-likeness (QED) is 0.883. The van der Waals surface area contributed by atoms with Gasteiger partial charge in [0.15, 0.2) is 11.6 Å². The predicted molar refractivity (Wildman–Crippen MR) is 73.0 cm³/mol. The molecule has 2 unspecified atom stereocenters. The number of hydrogen-bond donors (Lipinski definition) is 1. The molecule has 1 fully saturated rings. The van der Waals surface area contributed by atoms with Crippen molar-refractivity contribution in [2.45, 2.75) is 26.3 Å². The lowest BCUT2D eigenvalue weighted by Crippen LogP contribution is -2.28. The highest BCUT2D eigenvalue weighted by Crippen LogP contribution is 2.19.